The van der Waals surface area contributed by atoms with E-state index < -0.39 is 0 Å². The molecule has 14 heavy (non-hydrogen) atoms. The number of thiazole rings is 1. The van der Waals surface area contributed by atoms with E-state index in [-0.39, 0.29) is 5.15 Å². The molecular formula is C8H6ClN3OS. The second-order valence-electron chi connectivity index (χ2n) is 2.67. The van der Waals surface area contributed by atoms with Gasteiger partial charge in [-0.1, -0.05) is 22.9 Å². The van der Waals surface area contributed by atoms with E-state index in [2.05, 4.69) is 10.1 Å². The van der Waals surface area contributed by atoms with Crippen LogP contribution < -0.4 is 0 Å². The van der Waals surface area contributed by atoms with Crippen LogP contribution in [0.15, 0.2) is 12.3 Å². The molecule has 2 heterocycles. The smallest absolute Gasteiger partial charge is 0.212 e. The van der Waals surface area contributed by atoms with Gasteiger partial charge in [0, 0.05) is 6.20 Å². The lowest BCUT2D eigenvalue weighted by molar-refractivity contribution is 0.112. The monoisotopic (exact) mass is 227 g/mol. The summed E-state index contributed by atoms with van der Waals surface area (Å²) >= 11 is 6.94. The SMILES string of the molecule is Cc1ccn(-c2nc(Cl)c(C=O)s2)n1. The molecule has 0 amide bonds. The van der Waals surface area contributed by atoms with Crippen LogP contribution in [0.4, 0.5) is 0 Å². The number of aromatic nitrogens is 3. The third-order valence-corrected chi connectivity index (χ3v) is 2.99. The fraction of sp³-hybridized carbons (Fsp3) is 0.125. The molecule has 0 aromatic carbocycles. The van der Waals surface area contributed by atoms with E-state index >= 15 is 0 Å². The molecule has 0 aliphatic rings. The van der Waals surface area contributed by atoms with E-state index in [9.17, 15) is 4.79 Å². The average molecular weight is 228 g/mol. The van der Waals surface area contributed by atoms with Crippen molar-refractivity contribution in [2.75, 3.05) is 0 Å². The van der Waals surface area contributed by atoms with Crippen molar-refractivity contribution < 1.29 is 4.79 Å². The molecule has 2 rings (SSSR count). The maximum Gasteiger partial charge on any atom is 0.212 e. The summed E-state index contributed by atoms with van der Waals surface area (Å²) in [7, 11) is 0. The highest BCUT2D eigenvalue weighted by atomic mass is 35.5. The lowest BCUT2D eigenvalue weighted by Crippen LogP contribution is -1.93. The van der Waals surface area contributed by atoms with Gasteiger partial charge in [-0.3, -0.25) is 4.79 Å². The molecule has 4 nitrogen and oxygen atoms in total. The number of halogens is 1. The minimum atomic E-state index is 0.230. The van der Waals surface area contributed by atoms with Crippen LogP contribution in [0.5, 0.6) is 0 Å². The second-order valence-corrected chi connectivity index (χ2v) is 4.04. The Morgan fingerprint density at radius 3 is 2.93 bits per heavy atom. The third kappa shape index (κ3) is 1.56. The van der Waals surface area contributed by atoms with Crippen LogP contribution in [-0.4, -0.2) is 21.1 Å². The summed E-state index contributed by atoms with van der Waals surface area (Å²) in [6.07, 6.45) is 2.47. The number of aldehydes is 1. The van der Waals surface area contributed by atoms with Gasteiger partial charge in [-0.15, -0.1) is 0 Å². The van der Waals surface area contributed by atoms with Crippen molar-refractivity contribution >= 4 is 29.2 Å². The van der Waals surface area contributed by atoms with Crippen molar-refractivity contribution in [3.8, 4) is 5.13 Å². The van der Waals surface area contributed by atoms with Gasteiger partial charge < -0.3 is 0 Å². The van der Waals surface area contributed by atoms with Crippen molar-refractivity contribution in [2.45, 2.75) is 6.92 Å². The van der Waals surface area contributed by atoms with E-state index in [0.29, 0.717) is 16.3 Å². The number of carbonyl (C=O) groups excluding carboxylic acids is 1. The lowest BCUT2D eigenvalue weighted by Gasteiger charge is -1.91. The highest BCUT2D eigenvalue weighted by molar-refractivity contribution is 7.16. The largest absolute Gasteiger partial charge is 0.297 e. The zero-order valence-corrected chi connectivity index (χ0v) is 8.84. The Hall–Kier alpha value is -1.20. The van der Waals surface area contributed by atoms with Gasteiger partial charge in [-0.2, -0.15) is 5.10 Å². The van der Waals surface area contributed by atoms with E-state index in [1.165, 1.54) is 11.3 Å². The molecule has 0 radical (unpaired) electrons. The quantitative estimate of drug-likeness (QED) is 0.739. The van der Waals surface area contributed by atoms with E-state index in [1.807, 2.05) is 13.0 Å². The van der Waals surface area contributed by atoms with Crippen LogP contribution in [0.2, 0.25) is 5.15 Å². The number of rotatable bonds is 2. The Morgan fingerprint density at radius 1 is 1.64 bits per heavy atom. The lowest BCUT2D eigenvalue weighted by atomic mass is 10.5. The Bertz CT molecular complexity index is 477. The first-order chi connectivity index (χ1) is 6.70. The fourth-order valence-corrected chi connectivity index (χ4v) is 1.99. The summed E-state index contributed by atoms with van der Waals surface area (Å²) in [6.45, 7) is 1.88. The molecule has 0 unspecified atom stereocenters. The number of carbonyl (C=O) groups is 1. The highest BCUT2D eigenvalue weighted by Gasteiger charge is 2.10. The minimum absolute atomic E-state index is 0.230. The molecule has 0 fully saturated rings. The van der Waals surface area contributed by atoms with Crippen LogP contribution in [0, 0.1) is 6.92 Å². The molecular weight excluding hydrogens is 222 g/mol. The summed E-state index contributed by atoms with van der Waals surface area (Å²) < 4.78 is 1.60. The standard InChI is InChI=1S/C8H6ClN3OS/c1-5-2-3-12(11-5)8-10-7(9)6(4-13)14-8/h2-4H,1H3. The topological polar surface area (TPSA) is 47.8 Å². The average Bonchev–Trinajstić information content (AvgIpc) is 2.71. The van der Waals surface area contributed by atoms with Gasteiger partial charge in [-0.05, 0) is 13.0 Å². The molecule has 0 saturated heterocycles. The van der Waals surface area contributed by atoms with Crippen molar-refractivity contribution in [1.29, 1.82) is 0 Å². The van der Waals surface area contributed by atoms with Gasteiger partial charge in [-0.25, -0.2) is 9.67 Å². The number of hydrogen-bond donors (Lipinski definition) is 0. The summed E-state index contributed by atoms with van der Waals surface area (Å²) in [5, 5.41) is 4.99. The summed E-state index contributed by atoms with van der Waals surface area (Å²) in [5.74, 6) is 0. The Balaban J connectivity index is 2.47. The first kappa shape index (κ1) is 9.36. The van der Waals surface area contributed by atoms with Crippen LogP contribution >= 0.6 is 22.9 Å². The molecule has 2 aromatic rings. The molecule has 0 atom stereocenters. The predicted octanol–water partition coefficient (Wildman–Crippen LogP) is 2.10. The molecule has 6 heteroatoms. The Labute approximate surface area is 89.2 Å². The maximum atomic E-state index is 10.5. The number of aryl methyl sites for hydroxylation is 1. The van der Waals surface area contributed by atoms with Crippen molar-refractivity contribution in [2.24, 2.45) is 0 Å². The van der Waals surface area contributed by atoms with Crippen molar-refractivity contribution in [3.05, 3.63) is 28.0 Å². The molecule has 2 aromatic heterocycles. The Morgan fingerprint density at radius 2 is 2.43 bits per heavy atom. The maximum absolute atomic E-state index is 10.5. The minimum Gasteiger partial charge on any atom is -0.297 e. The van der Waals surface area contributed by atoms with Gasteiger partial charge in [0.1, 0.15) is 4.88 Å². The van der Waals surface area contributed by atoms with Gasteiger partial charge in [0.2, 0.25) is 5.13 Å². The van der Waals surface area contributed by atoms with E-state index in [1.54, 1.807) is 10.9 Å². The third-order valence-electron chi connectivity index (χ3n) is 1.62. The fourth-order valence-electron chi connectivity index (χ4n) is 0.995. The normalized spacial score (nSPS) is 10.4. The van der Waals surface area contributed by atoms with E-state index in [4.69, 9.17) is 11.6 Å². The molecule has 0 aliphatic heterocycles. The summed E-state index contributed by atoms with van der Waals surface area (Å²) in [6, 6.07) is 1.86. The van der Waals surface area contributed by atoms with E-state index in [0.717, 1.165) is 5.69 Å². The highest BCUT2D eigenvalue weighted by Crippen LogP contribution is 2.23. The van der Waals surface area contributed by atoms with Crippen LogP contribution in [-0.2, 0) is 0 Å². The van der Waals surface area contributed by atoms with Gasteiger partial charge >= 0.3 is 0 Å². The van der Waals surface area contributed by atoms with Gasteiger partial charge in [0.15, 0.2) is 11.4 Å². The van der Waals surface area contributed by atoms with Crippen molar-refractivity contribution in [3.63, 3.8) is 0 Å². The van der Waals surface area contributed by atoms with Crippen LogP contribution in [0.1, 0.15) is 15.4 Å². The molecule has 0 spiro atoms. The van der Waals surface area contributed by atoms with Gasteiger partial charge in [0.25, 0.3) is 0 Å². The summed E-state index contributed by atoms with van der Waals surface area (Å²) in [4.78, 5) is 15.0. The second kappa shape index (κ2) is 3.51. The van der Waals surface area contributed by atoms with Crippen molar-refractivity contribution in [1.82, 2.24) is 14.8 Å². The van der Waals surface area contributed by atoms with Crippen LogP contribution in [0.3, 0.4) is 0 Å². The number of hydrogen-bond acceptors (Lipinski definition) is 4. The first-order valence-corrected chi connectivity index (χ1v) is 5.04. The Kier molecular flexibility index (Phi) is 2.35. The zero-order chi connectivity index (χ0) is 10.1. The zero-order valence-electron chi connectivity index (χ0n) is 7.27. The molecule has 0 aliphatic carbocycles. The first-order valence-electron chi connectivity index (χ1n) is 3.85. The molecule has 72 valence electrons. The van der Waals surface area contributed by atoms with Gasteiger partial charge in [0.05, 0.1) is 5.69 Å². The molecule has 0 saturated carbocycles. The number of nitrogens with zero attached hydrogens (tertiary/aromatic N) is 3. The molecule has 0 bridgehead atoms. The predicted molar refractivity (Wildman–Crippen MR) is 54.4 cm³/mol. The molecule has 0 N–H and O–H groups in total. The van der Waals surface area contributed by atoms with Crippen LogP contribution in [0.25, 0.3) is 5.13 Å². The summed E-state index contributed by atoms with van der Waals surface area (Å²) in [5.41, 5.74) is 0.893.